The van der Waals surface area contributed by atoms with Gasteiger partial charge in [-0.25, -0.2) is 0 Å². The molecule has 0 aromatic rings. The minimum atomic E-state index is 0.407. The molecule has 1 rings (SSSR count). The predicted octanol–water partition coefficient (Wildman–Crippen LogP) is 0.688. The van der Waals surface area contributed by atoms with Crippen molar-refractivity contribution < 1.29 is 9.47 Å². The van der Waals surface area contributed by atoms with E-state index in [4.69, 9.17) is 15.2 Å². The molecule has 0 atom stereocenters. The number of rotatable bonds is 11. The molecule has 1 saturated heterocycles. The number of nitrogens with one attached hydrogen (secondary N) is 1. The Morgan fingerprint density at radius 3 is 2.40 bits per heavy atom. The van der Waals surface area contributed by atoms with E-state index in [-0.39, 0.29) is 0 Å². The van der Waals surface area contributed by atoms with Gasteiger partial charge in [0.1, 0.15) is 0 Å². The number of hydrogen-bond donors (Lipinski definition) is 2. The fraction of sp³-hybridized carbons (Fsp3) is 1.00. The quantitative estimate of drug-likeness (QED) is 0.548. The summed E-state index contributed by atoms with van der Waals surface area (Å²) in [5.74, 6) is 0.697. The van der Waals surface area contributed by atoms with Crippen LogP contribution in [0.1, 0.15) is 26.7 Å². The third-order valence-electron chi connectivity index (χ3n) is 3.53. The summed E-state index contributed by atoms with van der Waals surface area (Å²) in [6.07, 6.45) is 2.24. The minimum absolute atomic E-state index is 0.407. The molecule has 1 aliphatic heterocycles. The summed E-state index contributed by atoms with van der Waals surface area (Å²) in [5.41, 5.74) is 5.88. The van der Waals surface area contributed by atoms with Crippen LogP contribution in [0.15, 0.2) is 0 Å². The number of likely N-dealkylation sites (tertiary alicyclic amines) is 1. The van der Waals surface area contributed by atoms with Crippen molar-refractivity contribution in [1.82, 2.24) is 10.2 Å². The molecule has 5 nitrogen and oxygen atoms in total. The molecule has 0 amide bonds. The van der Waals surface area contributed by atoms with Gasteiger partial charge in [-0.05, 0) is 38.4 Å². The molecule has 120 valence electrons. The van der Waals surface area contributed by atoms with Crippen LogP contribution in [0.2, 0.25) is 0 Å². The Hall–Kier alpha value is -0.200. The monoisotopic (exact) mass is 287 g/mol. The fourth-order valence-corrected chi connectivity index (χ4v) is 2.23. The first-order valence-electron chi connectivity index (χ1n) is 8.02. The topological polar surface area (TPSA) is 59.8 Å². The van der Waals surface area contributed by atoms with E-state index in [0.717, 1.165) is 58.8 Å². The lowest BCUT2D eigenvalue weighted by Gasteiger charge is -2.29. The van der Waals surface area contributed by atoms with Crippen LogP contribution in [-0.4, -0.2) is 70.1 Å². The average Bonchev–Trinajstić information content (AvgIpc) is 2.42. The molecule has 3 N–H and O–H groups in total. The van der Waals surface area contributed by atoms with Crippen molar-refractivity contribution in [2.45, 2.75) is 32.7 Å². The lowest BCUT2D eigenvalue weighted by atomic mass is 10.1. The molecule has 5 heteroatoms. The lowest BCUT2D eigenvalue weighted by molar-refractivity contribution is 0.0369. The smallest absolute Gasteiger partial charge is 0.0701 e. The first-order chi connectivity index (χ1) is 9.68. The van der Waals surface area contributed by atoms with Crippen LogP contribution >= 0.6 is 0 Å². The molecule has 0 aromatic heterocycles. The second-order valence-electron chi connectivity index (χ2n) is 6.00. The number of ether oxygens (including phenoxy) is 2. The highest BCUT2D eigenvalue weighted by Crippen LogP contribution is 2.07. The lowest BCUT2D eigenvalue weighted by Crippen LogP contribution is -2.41. The predicted molar refractivity (Wildman–Crippen MR) is 83.0 cm³/mol. The van der Waals surface area contributed by atoms with E-state index in [1.807, 2.05) is 0 Å². The van der Waals surface area contributed by atoms with E-state index in [1.54, 1.807) is 0 Å². The van der Waals surface area contributed by atoms with Gasteiger partial charge in [0.25, 0.3) is 0 Å². The average molecular weight is 287 g/mol. The van der Waals surface area contributed by atoms with Gasteiger partial charge in [0.2, 0.25) is 0 Å². The maximum atomic E-state index is 5.88. The Balaban J connectivity index is 1.76. The number of nitrogens with zero attached hydrogens (tertiary/aromatic N) is 1. The summed E-state index contributed by atoms with van der Waals surface area (Å²) in [7, 11) is 0. The molecule has 0 radical (unpaired) electrons. The van der Waals surface area contributed by atoms with Gasteiger partial charge in [0.05, 0.1) is 26.4 Å². The highest BCUT2D eigenvalue weighted by atomic mass is 16.5. The summed E-state index contributed by atoms with van der Waals surface area (Å²) in [6, 6.07) is 0.407. The standard InChI is InChI=1S/C15H33N3O2/c1-14(2)13-17-5-9-19-11-12-20-10-8-18-6-3-15(16)4-7-18/h14-15,17H,3-13,16H2,1-2H3. The summed E-state index contributed by atoms with van der Waals surface area (Å²) in [4.78, 5) is 2.43. The van der Waals surface area contributed by atoms with Crippen molar-refractivity contribution in [3.63, 3.8) is 0 Å². The van der Waals surface area contributed by atoms with E-state index in [1.165, 1.54) is 0 Å². The van der Waals surface area contributed by atoms with Crippen LogP contribution in [0, 0.1) is 5.92 Å². The minimum Gasteiger partial charge on any atom is -0.378 e. The third-order valence-corrected chi connectivity index (χ3v) is 3.53. The first kappa shape index (κ1) is 17.9. The summed E-state index contributed by atoms with van der Waals surface area (Å²) in [5, 5.41) is 3.35. The van der Waals surface area contributed by atoms with Crippen molar-refractivity contribution in [2.24, 2.45) is 11.7 Å². The zero-order valence-electron chi connectivity index (χ0n) is 13.3. The number of nitrogens with two attached hydrogens (primary N) is 1. The van der Waals surface area contributed by atoms with Crippen LogP contribution in [0.3, 0.4) is 0 Å². The molecule has 0 bridgehead atoms. The maximum absolute atomic E-state index is 5.88. The van der Waals surface area contributed by atoms with Crippen molar-refractivity contribution in [1.29, 1.82) is 0 Å². The van der Waals surface area contributed by atoms with E-state index in [9.17, 15) is 0 Å². The highest BCUT2D eigenvalue weighted by molar-refractivity contribution is 4.73. The van der Waals surface area contributed by atoms with Gasteiger partial charge in [-0.2, -0.15) is 0 Å². The van der Waals surface area contributed by atoms with E-state index >= 15 is 0 Å². The van der Waals surface area contributed by atoms with Crippen molar-refractivity contribution in [3.8, 4) is 0 Å². The Kier molecular flexibility index (Phi) is 10.2. The molecule has 20 heavy (non-hydrogen) atoms. The molecule has 0 aliphatic carbocycles. The molecular weight excluding hydrogens is 254 g/mol. The van der Waals surface area contributed by atoms with Crippen LogP contribution in [0.4, 0.5) is 0 Å². The SMILES string of the molecule is CC(C)CNCCOCCOCCN1CCC(N)CC1. The molecular formula is C15H33N3O2. The fourth-order valence-electron chi connectivity index (χ4n) is 2.23. The molecule has 1 fully saturated rings. The number of piperidine rings is 1. The van der Waals surface area contributed by atoms with Crippen LogP contribution < -0.4 is 11.1 Å². The maximum Gasteiger partial charge on any atom is 0.0701 e. The second-order valence-corrected chi connectivity index (χ2v) is 6.00. The Morgan fingerprint density at radius 1 is 1.10 bits per heavy atom. The third kappa shape index (κ3) is 9.66. The van der Waals surface area contributed by atoms with Crippen LogP contribution in [0.5, 0.6) is 0 Å². The zero-order chi connectivity index (χ0) is 14.6. The van der Waals surface area contributed by atoms with E-state index in [2.05, 4.69) is 24.1 Å². The zero-order valence-corrected chi connectivity index (χ0v) is 13.3. The first-order valence-corrected chi connectivity index (χ1v) is 8.02. The Bertz CT molecular complexity index is 219. The van der Waals surface area contributed by atoms with Gasteiger partial charge >= 0.3 is 0 Å². The van der Waals surface area contributed by atoms with Gasteiger partial charge in [-0.1, -0.05) is 13.8 Å². The van der Waals surface area contributed by atoms with Gasteiger partial charge in [0.15, 0.2) is 0 Å². The molecule has 0 saturated carbocycles. The molecule has 0 aromatic carbocycles. The molecule has 0 spiro atoms. The van der Waals surface area contributed by atoms with Crippen molar-refractivity contribution in [2.75, 3.05) is 59.2 Å². The van der Waals surface area contributed by atoms with E-state index in [0.29, 0.717) is 25.2 Å². The summed E-state index contributed by atoms with van der Waals surface area (Å²) in [6.45, 7) is 12.6. The molecule has 1 heterocycles. The molecule has 1 aliphatic rings. The number of hydrogen-bond acceptors (Lipinski definition) is 5. The Labute approximate surface area is 124 Å². The van der Waals surface area contributed by atoms with Crippen molar-refractivity contribution >= 4 is 0 Å². The second kappa shape index (κ2) is 11.5. The summed E-state index contributed by atoms with van der Waals surface area (Å²) < 4.78 is 11.1. The normalized spacial score (nSPS) is 18.0. The summed E-state index contributed by atoms with van der Waals surface area (Å²) >= 11 is 0. The van der Waals surface area contributed by atoms with Gasteiger partial charge in [0, 0.05) is 19.1 Å². The van der Waals surface area contributed by atoms with Gasteiger partial charge < -0.3 is 25.4 Å². The van der Waals surface area contributed by atoms with Gasteiger partial charge in [-0.15, -0.1) is 0 Å². The van der Waals surface area contributed by atoms with E-state index < -0.39 is 0 Å². The van der Waals surface area contributed by atoms with Crippen LogP contribution in [-0.2, 0) is 9.47 Å². The Morgan fingerprint density at radius 2 is 1.75 bits per heavy atom. The molecule has 0 unspecified atom stereocenters. The van der Waals surface area contributed by atoms with Crippen molar-refractivity contribution in [3.05, 3.63) is 0 Å². The highest BCUT2D eigenvalue weighted by Gasteiger charge is 2.14. The van der Waals surface area contributed by atoms with Gasteiger partial charge in [-0.3, -0.25) is 0 Å². The van der Waals surface area contributed by atoms with Crippen LogP contribution in [0.25, 0.3) is 0 Å². The largest absolute Gasteiger partial charge is 0.378 e.